The van der Waals surface area contributed by atoms with Gasteiger partial charge in [-0.3, -0.25) is 9.59 Å². The molecule has 1 N–H and O–H groups in total. The zero-order valence-electron chi connectivity index (χ0n) is 11.5. The zero-order valence-corrected chi connectivity index (χ0v) is 11.5. The number of nitrogens with zero attached hydrogens (tertiary/aromatic N) is 1. The number of fused-ring (bicyclic) bond motifs is 1. The van der Waals surface area contributed by atoms with E-state index in [0.29, 0.717) is 6.54 Å². The lowest BCUT2D eigenvalue weighted by atomic mass is 10.0. The van der Waals surface area contributed by atoms with Crippen molar-refractivity contribution in [1.29, 1.82) is 0 Å². The summed E-state index contributed by atoms with van der Waals surface area (Å²) in [5.74, 6) is -0.303. The van der Waals surface area contributed by atoms with Crippen LogP contribution in [0.5, 0.6) is 0 Å². The quantitative estimate of drug-likeness (QED) is 0.843. The van der Waals surface area contributed by atoms with E-state index in [2.05, 4.69) is 11.9 Å². The minimum Gasteiger partial charge on any atom is -0.341 e. The van der Waals surface area contributed by atoms with Gasteiger partial charge >= 0.3 is 0 Å². The van der Waals surface area contributed by atoms with Crippen molar-refractivity contribution in [3.8, 4) is 0 Å². The number of hydrogen-bond donors (Lipinski definition) is 1. The second kappa shape index (κ2) is 4.88. The molecule has 4 nitrogen and oxygen atoms in total. The van der Waals surface area contributed by atoms with E-state index < -0.39 is 6.04 Å². The first-order chi connectivity index (χ1) is 8.95. The van der Waals surface area contributed by atoms with Gasteiger partial charge in [-0.25, -0.2) is 0 Å². The fourth-order valence-corrected chi connectivity index (χ4v) is 2.63. The van der Waals surface area contributed by atoms with E-state index in [1.165, 1.54) is 6.92 Å². The molecule has 4 heteroatoms. The van der Waals surface area contributed by atoms with E-state index in [9.17, 15) is 9.59 Å². The molecule has 2 rings (SSSR count). The van der Waals surface area contributed by atoms with Crippen LogP contribution >= 0.6 is 0 Å². The molecule has 0 fully saturated rings. The number of aryl methyl sites for hydroxylation is 2. The number of carbonyl (C=O) groups excluding carboxylic acids is 2. The lowest BCUT2D eigenvalue weighted by Gasteiger charge is -2.17. The van der Waals surface area contributed by atoms with E-state index in [1.807, 2.05) is 26.0 Å². The molecule has 1 aliphatic rings. The fourth-order valence-electron chi connectivity index (χ4n) is 2.63. The van der Waals surface area contributed by atoms with Crippen molar-refractivity contribution < 1.29 is 9.59 Å². The minimum absolute atomic E-state index is 0.0983. The molecule has 1 atom stereocenters. The maximum absolute atomic E-state index is 12.4. The highest BCUT2D eigenvalue weighted by Gasteiger charge is 2.38. The first-order valence-electron chi connectivity index (χ1n) is 6.26. The molecule has 0 aliphatic carbocycles. The fraction of sp³-hybridized carbons (Fsp3) is 0.333. The summed E-state index contributed by atoms with van der Waals surface area (Å²) in [7, 11) is 0. The lowest BCUT2D eigenvalue weighted by molar-refractivity contribution is -0.126. The molecule has 1 heterocycles. The van der Waals surface area contributed by atoms with Gasteiger partial charge < -0.3 is 10.2 Å². The van der Waals surface area contributed by atoms with Crippen LogP contribution in [-0.2, 0) is 9.59 Å². The van der Waals surface area contributed by atoms with E-state index in [1.54, 1.807) is 11.0 Å². The monoisotopic (exact) mass is 258 g/mol. The van der Waals surface area contributed by atoms with Gasteiger partial charge in [0.15, 0.2) is 0 Å². The van der Waals surface area contributed by atoms with Crippen LogP contribution in [0, 0.1) is 13.8 Å². The molecule has 100 valence electrons. The number of hydrogen-bond acceptors (Lipinski definition) is 2. The molecule has 1 aromatic carbocycles. The molecule has 0 saturated heterocycles. The highest BCUT2D eigenvalue weighted by atomic mass is 16.2. The van der Waals surface area contributed by atoms with E-state index in [-0.39, 0.29) is 11.8 Å². The lowest BCUT2D eigenvalue weighted by Crippen LogP contribution is -2.36. The summed E-state index contributed by atoms with van der Waals surface area (Å²) in [6, 6.07) is 3.42. The van der Waals surface area contributed by atoms with Gasteiger partial charge in [-0.1, -0.05) is 23.8 Å². The van der Waals surface area contributed by atoms with Gasteiger partial charge in [0.05, 0.1) is 5.69 Å². The van der Waals surface area contributed by atoms with E-state index >= 15 is 0 Å². The average molecular weight is 258 g/mol. The van der Waals surface area contributed by atoms with Crippen LogP contribution in [0.4, 0.5) is 5.69 Å². The third-order valence-electron chi connectivity index (χ3n) is 3.23. The molecule has 0 aromatic heterocycles. The second-order valence-corrected chi connectivity index (χ2v) is 4.89. The molecule has 0 saturated carbocycles. The van der Waals surface area contributed by atoms with Crippen LogP contribution in [0.2, 0.25) is 0 Å². The summed E-state index contributed by atoms with van der Waals surface area (Å²) in [4.78, 5) is 25.4. The maximum atomic E-state index is 12.4. The molecule has 0 bridgehead atoms. The molecular formula is C15H18N2O2. The van der Waals surface area contributed by atoms with Gasteiger partial charge in [0.1, 0.15) is 6.04 Å². The van der Waals surface area contributed by atoms with Crippen LogP contribution in [0.3, 0.4) is 0 Å². The summed E-state index contributed by atoms with van der Waals surface area (Å²) in [5.41, 5.74) is 3.90. The van der Waals surface area contributed by atoms with Gasteiger partial charge in [0.2, 0.25) is 5.91 Å². The standard InChI is InChI=1S/C15H18N2O2/c1-5-6-17-14-10(3)7-9(2)8-12(14)13(15(17)19)16-11(4)18/h5,7-8,13H,1,6H2,2-4H3,(H,16,18)/t13-/m1/s1. The summed E-state index contributed by atoms with van der Waals surface area (Å²) in [5, 5.41) is 2.73. The first kappa shape index (κ1) is 13.3. The Hall–Kier alpha value is -2.10. The summed E-state index contributed by atoms with van der Waals surface area (Å²) < 4.78 is 0. The topological polar surface area (TPSA) is 49.4 Å². The highest BCUT2D eigenvalue weighted by Crippen LogP contribution is 2.39. The van der Waals surface area contributed by atoms with Crippen LogP contribution in [0.1, 0.15) is 29.7 Å². The summed E-state index contributed by atoms with van der Waals surface area (Å²) >= 11 is 0. The summed E-state index contributed by atoms with van der Waals surface area (Å²) in [6.07, 6.45) is 1.69. The van der Waals surface area contributed by atoms with Crippen molar-refractivity contribution in [2.24, 2.45) is 0 Å². The Balaban J connectivity index is 2.56. The SMILES string of the molecule is C=CCN1C(=O)[C@H](NC(C)=O)c2cc(C)cc(C)c21. The van der Waals surface area contributed by atoms with Crippen molar-refractivity contribution in [1.82, 2.24) is 5.32 Å². The Morgan fingerprint density at radius 1 is 1.47 bits per heavy atom. The Kier molecular flexibility index (Phi) is 3.42. The van der Waals surface area contributed by atoms with Gasteiger partial charge in [-0.15, -0.1) is 6.58 Å². The number of benzene rings is 1. The Labute approximate surface area is 113 Å². The van der Waals surface area contributed by atoms with E-state index in [4.69, 9.17) is 0 Å². The zero-order chi connectivity index (χ0) is 14.2. The Morgan fingerprint density at radius 2 is 2.16 bits per heavy atom. The predicted octanol–water partition coefficient (Wildman–Crippen LogP) is 2.01. The van der Waals surface area contributed by atoms with Crippen molar-refractivity contribution in [2.75, 3.05) is 11.4 Å². The van der Waals surface area contributed by atoms with Crippen LogP contribution in [-0.4, -0.2) is 18.4 Å². The van der Waals surface area contributed by atoms with Gasteiger partial charge in [0.25, 0.3) is 5.91 Å². The molecule has 0 spiro atoms. The van der Waals surface area contributed by atoms with E-state index in [0.717, 1.165) is 22.4 Å². The molecule has 1 aromatic rings. The number of amides is 2. The van der Waals surface area contributed by atoms with Crippen molar-refractivity contribution in [3.63, 3.8) is 0 Å². The molecule has 0 unspecified atom stereocenters. The third kappa shape index (κ3) is 2.26. The molecule has 1 aliphatic heterocycles. The van der Waals surface area contributed by atoms with Crippen molar-refractivity contribution >= 4 is 17.5 Å². The first-order valence-corrected chi connectivity index (χ1v) is 6.26. The smallest absolute Gasteiger partial charge is 0.254 e. The third-order valence-corrected chi connectivity index (χ3v) is 3.23. The van der Waals surface area contributed by atoms with Crippen LogP contribution in [0.25, 0.3) is 0 Å². The number of nitrogens with one attached hydrogen (secondary N) is 1. The number of carbonyl (C=O) groups is 2. The average Bonchev–Trinajstić information content (AvgIpc) is 2.55. The van der Waals surface area contributed by atoms with Gasteiger partial charge in [-0.2, -0.15) is 0 Å². The van der Waals surface area contributed by atoms with Crippen LogP contribution in [0.15, 0.2) is 24.8 Å². The van der Waals surface area contributed by atoms with Gasteiger partial charge in [-0.05, 0) is 19.4 Å². The minimum atomic E-state index is -0.578. The van der Waals surface area contributed by atoms with Crippen molar-refractivity contribution in [2.45, 2.75) is 26.8 Å². The van der Waals surface area contributed by atoms with Crippen LogP contribution < -0.4 is 10.2 Å². The largest absolute Gasteiger partial charge is 0.341 e. The Bertz CT molecular complexity index is 564. The number of rotatable bonds is 3. The molecule has 0 radical (unpaired) electrons. The molecule has 2 amide bonds. The maximum Gasteiger partial charge on any atom is 0.254 e. The predicted molar refractivity (Wildman–Crippen MR) is 75.0 cm³/mol. The highest BCUT2D eigenvalue weighted by molar-refractivity contribution is 6.07. The Morgan fingerprint density at radius 3 is 2.74 bits per heavy atom. The van der Waals surface area contributed by atoms with Crippen molar-refractivity contribution in [3.05, 3.63) is 41.5 Å². The van der Waals surface area contributed by atoms with Gasteiger partial charge in [0, 0.05) is 19.0 Å². The normalized spacial score (nSPS) is 17.3. The molecular weight excluding hydrogens is 240 g/mol. The molecule has 19 heavy (non-hydrogen) atoms. The number of anilines is 1. The second-order valence-electron chi connectivity index (χ2n) is 4.89. The summed E-state index contributed by atoms with van der Waals surface area (Å²) in [6.45, 7) is 9.52.